The molecule has 10 heteroatoms. The molecule has 1 fully saturated rings. The maximum atomic E-state index is 12.8. The lowest BCUT2D eigenvalue weighted by Gasteiger charge is -2.16. The number of aromatic nitrogens is 1. The van der Waals surface area contributed by atoms with Crippen LogP contribution in [0.4, 0.5) is 5.69 Å². The third-order valence-corrected chi connectivity index (χ3v) is 8.35. The first-order chi connectivity index (χ1) is 15.3. The zero-order chi connectivity index (χ0) is 22.6. The van der Waals surface area contributed by atoms with E-state index in [4.69, 9.17) is 4.74 Å². The van der Waals surface area contributed by atoms with Crippen molar-refractivity contribution in [1.82, 2.24) is 9.29 Å². The number of benzene rings is 2. The molecule has 2 aromatic carbocycles. The molecule has 1 saturated heterocycles. The van der Waals surface area contributed by atoms with Crippen LogP contribution in [0.3, 0.4) is 0 Å². The molecule has 0 amide bonds. The van der Waals surface area contributed by atoms with Gasteiger partial charge in [-0.05, 0) is 61.4 Å². The molecule has 1 aromatic heterocycles. The summed E-state index contributed by atoms with van der Waals surface area (Å²) in [6, 6.07) is 17.3. The van der Waals surface area contributed by atoms with Crippen molar-refractivity contribution in [3.05, 3.63) is 78.6 Å². The summed E-state index contributed by atoms with van der Waals surface area (Å²) in [6.45, 7) is 1.23. The Morgan fingerprint density at radius 2 is 1.59 bits per heavy atom. The van der Waals surface area contributed by atoms with Crippen LogP contribution in [-0.4, -0.2) is 39.2 Å². The molecule has 1 aliphatic rings. The molecule has 1 aliphatic heterocycles. The van der Waals surface area contributed by atoms with E-state index in [9.17, 15) is 16.8 Å². The molecule has 8 nitrogen and oxygen atoms in total. The maximum Gasteiger partial charge on any atom is 0.261 e. The lowest BCUT2D eigenvalue weighted by atomic mass is 10.3. The fraction of sp³-hybridized carbons (Fsp3) is 0.227. The van der Waals surface area contributed by atoms with Crippen molar-refractivity contribution in [2.45, 2.75) is 29.2 Å². The van der Waals surface area contributed by atoms with E-state index in [0.717, 1.165) is 18.5 Å². The van der Waals surface area contributed by atoms with Crippen LogP contribution in [0, 0.1) is 0 Å². The first kappa shape index (κ1) is 22.3. The van der Waals surface area contributed by atoms with E-state index in [1.165, 1.54) is 28.6 Å². The van der Waals surface area contributed by atoms with Crippen LogP contribution in [0.5, 0.6) is 5.75 Å². The normalized spacial score (nSPS) is 14.9. The van der Waals surface area contributed by atoms with Crippen molar-refractivity contribution in [3.63, 3.8) is 0 Å². The van der Waals surface area contributed by atoms with E-state index in [2.05, 4.69) is 9.71 Å². The molecule has 0 atom stereocenters. The van der Waals surface area contributed by atoms with E-state index in [1.54, 1.807) is 30.5 Å². The Balaban J connectivity index is 1.46. The van der Waals surface area contributed by atoms with Gasteiger partial charge in [-0.15, -0.1) is 0 Å². The Morgan fingerprint density at radius 1 is 0.875 bits per heavy atom. The van der Waals surface area contributed by atoms with Gasteiger partial charge in [0.1, 0.15) is 12.4 Å². The minimum atomic E-state index is -3.90. The van der Waals surface area contributed by atoms with Gasteiger partial charge in [0.2, 0.25) is 10.0 Å². The molecule has 1 N–H and O–H groups in total. The lowest BCUT2D eigenvalue weighted by Crippen LogP contribution is -2.27. The molecule has 3 aromatic rings. The van der Waals surface area contributed by atoms with Gasteiger partial charge in [-0.1, -0.05) is 12.1 Å². The van der Waals surface area contributed by atoms with Gasteiger partial charge in [-0.2, -0.15) is 4.31 Å². The Hall–Kier alpha value is -2.95. The summed E-state index contributed by atoms with van der Waals surface area (Å²) in [5.74, 6) is 0.489. The average molecular weight is 474 g/mol. The summed E-state index contributed by atoms with van der Waals surface area (Å²) in [7, 11) is -7.50. The van der Waals surface area contributed by atoms with Crippen LogP contribution in [0.15, 0.2) is 82.7 Å². The number of nitrogens with one attached hydrogen (secondary N) is 1. The fourth-order valence-corrected chi connectivity index (χ4v) is 5.94. The number of pyridine rings is 1. The van der Waals surface area contributed by atoms with Gasteiger partial charge in [0.05, 0.1) is 21.2 Å². The summed E-state index contributed by atoms with van der Waals surface area (Å²) >= 11 is 0. The highest BCUT2D eigenvalue weighted by Crippen LogP contribution is 2.24. The second kappa shape index (κ2) is 9.27. The largest absolute Gasteiger partial charge is 0.487 e. The van der Waals surface area contributed by atoms with E-state index in [1.807, 2.05) is 18.2 Å². The first-order valence-corrected chi connectivity index (χ1v) is 13.0. The molecular weight excluding hydrogens is 450 g/mol. The Kier molecular flexibility index (Phi) is 6.45. The molecule has 2 heterocycles. The lowest BCUT2D eigenvalue weighted by molar-refractivity contribution is 0.301. The number of anilines is 1. The second-order valence-electron chi connectivity index (χ2n) is 7.33. The number of ether oxygens (including phenoxy) is 1. The van der Waals surface area contributed by atoms with Crippen molar-refractivity contribution < 1.29 is 21.6 Å². The van der Waals surface area contributed by atoms with Crippen LogP contribution in [-0.2, 0) is 26.7 Å². The molecule has 0 bridgehead atoms. The monoisotopic (exact) mass is 473 g/mol. The Bertz CT molecular complexity index is 1270. The van der Waals surface area contributed by atoms with Gasteiger partial charge in [0.15, 0.2) is 0 Å². The molecule has 4 rings (SSSR count). The third-order valence-electron chi connectivity index (χ3n) is 5.04. The van der Waals surface area contributed by atoms with Crippen LogP contribution in [0.2, 0.25) is 0 Å². The standard InChI is InChI=1S/C22H23N3O5S2/c26-31(27,21-9-11-22(12-10-21)32(28,29)25-14-3-4-15-25)24-18-7-5-8-20(16-18)30-17-19-6-1-2-13-23-19/h1-2,5-13,16,24H,3-4,14-15,17H2. The van der Waals surface area contributed by atoms with Gasteiger partial charge in [-0.3, -0.25) is 9.71 Å². The fourth-order valence-electron chi connectivity index (χ4n) is 3.37. The quantitative estimate of drug-likeness (QED) is 0.538. The number of nitrogens with zero attached hydrogens (tertiary/aromatic N) is 2. The summed E-state index contributed by atoms with van der Waals surface area (Å²) in [5.41, 5.74) is 1.08. The molecule has 0 radical (unpaired) electrons. The number of hydrogen-bond acceptors (Lipinski definition) is 6. The van der Waals surface area contributed by atoms with Crippen LogP contribution >= 0.6 is 0 Å². The van der Waals surface area contributed by atoms with Crippen molar-refractivity contribution in [2.24, 2.45) is 0 Å². The van der Waals surface area contributed by atoms with Crippen molar-refractivity contribution in [3.8, 4) is 5.75 Å². The maximum absolute atomic E-state index is 12.8. The highest BCUT2D eigenvalue weighted by molar-refractivity contribution is 7.92. The van der Waals surface area contributed by atoms with Gasteiger partial charge in [0.25, 0.3) is 10.0 Å². The highest BCUT2D eigenvalue weighted by Gasteiger charge is 2.27. The van der Waals surface area contributed by atoms with Gasteiger partial charge in [-0.25, -0.2) is 16.8 Å². The highest BCUT2D eigenvalue weighted by atomic mass is 32.2. The topological polar surface area (TPSA) is 106 Å². The minimum Gasteiger partial charge on any atom is -0.487 e. The SMILES string of the molecule is O=S(=O)(Nc1cccc(OCc2ccccn2)c1)c1ccc(S(=O)(=O)N2CCCC2)cc1. The average Bonchev–Trinajstić information content (AvgIpc) is 3.35. The van der Waals surface area contributed by atoms with Gasteiger partial charge < -0.3 is 4.74 Å². The van der Waals surface area contributed by atoms with Crippen molar-refractivity contribution >= 4 is 25.7 Å². The predicted octanol–water partition coefficient (Wildman–Crippen LogP) is 3.25. The van der Waals surface area contributed by atoms with Crippen LogP contribution in [0.25, 0.3) is 0 Å². The van der Waals surface area contributed by atoms with E-state index < -0.39 is 20.0 Å². The van der Waals surface area contributed by atoms with Gasteiger partial charge in [0, 0.05) is 25.4 Å². The summed E-state index contributed by atoms with van der Waals surface area (Å²) < 4.78 is 60.4. The zero-order valence-corrected chi connectivity index (χ0v) is 18.8. The number of rotatable bonds is 8. The summed E-state index contributed by atoms with van der Waals surface area (Å²) in [6.07, 6.45) is 3.34. The molecule has 0 spiro atoms. The molecule has 0 unspecified atom stereocenters. The molecular formula is C22H23N3O5S2. The second-order valence-corrected chi connectivity index (χ2v) is 10.9. The summed E-state index contributed by atoms with van der Waals surface area (Å²) in [5, 5.41) is 0. The molecule has 32 heavy (non-hydrogen) atoms. The first-order valence-electron chi connectivity index (χ1n) is 10.1. The number of hydrogen-bond donors (Lipinski definition) is 1. The third kappa shape index (κ3) is 5.09. The minimum absolute atomic E-state index is 0.0299. The smallest absolute Gasteiger partial charge is 0.261 e. The van der Waals surface area contributed by atoms with E-state index in [-0.39, 0.29) is 16.4 Å². The van der Waals surface area contributed by atoms with E-state index in [0.29, 0.717) is 24.5 Å². The Morgan fingerprint density at radius 3 is 2.28 bits per heavy atom. The zero-order valence-electron chi connectivity index (χ0n) is 17.2. The molecule has 0 aliphatic carbocycles. The predicted molar refractivity (Wildman–Crippen MR) is 120 cm³/mol. The Labute approximate surface area is 188 Å². The molecule has 0 saturated carbocycles. The summed E-state index contributed by atoms with van der Waals surface area (Å²) in [4.78, 5) is 4.24. The molecule has 168 valence electrons. The number of sulfonamides is 2. The van der Waals surface area contributed by atoms with Crippen molar-refractivity contribution in [2.75, 3.05) is 17.8 Å². The van der Waals surface area contributed by atoms with Gasteiger partial charge >= 0.3 is 0 Å². The van der Waals surface area contributed by atoms with Crippen LogP contribution < -0.4 is 9.46 Å². The van der Waals surface area contributed by atoms with E-state index >= 15 is 0 Å². The van der Waals surface area contributed by atoms with Crippen molar-refractivity contribution in [1.29, 1.82) is 0 Å². The van der Waals surface area contributed by atoms with Crippen LogP contribution in [0.1, 0.15) is 18.5 Å².